The monoisotopic (exact) mass is 330 g/mol. The molecule has 24 heavy (non-hydrogen) atoms. The van der Waals surface area contributed by atoms with Crippen LogP contribution in [0.15, 0.2) is 18.5 Å². The topological polar surface area (TPSA) is 62.1 Å². The minimum atomic E-state index is -0.533. The molecule has 0 spiro atoms. The predicted octanol–water partition coefficient (Wildman–Crippen LogP) is 2.12. The fraction of sp³-hybridized carbons (Fsp3) is 0.529. The van der Waals surface area contributed by atoms with Crippen molar-refractivity contribution in [3.8, 4) is 0 Å². The molecule has 2 aromatic rings. The van der Waals surface area contributed by atoms with Gasteiger partial charge in [0, 0.05) is 17.9 Å². The second-order valence-electron chi connectivity index (χ2n) is 7.14. The fourth-order valence-corrected chi connectivity index (χ4v) is 2.72. The maximum Gasteiger partial charge on any atom is 0.498 e. The molecular formula is C17H23BN2O4. The quantitative estimate of drug-likeness (QED) is 0.637. The van der Waals surface area contributed by atoms with E-state index in [4.69, 9.17) is 14.0 Å². The van der Waals surface area contributed by atoms with Crippen molar-refractivity contribution in [1.82, 2.24) is 9.38 Å². The number of carbonyl (C=O) groups is 1. The van der Waals surface area contributed by atoms with E-state index in [2.05, 4.69) is 4.98 Å². The van der Waals surface area contributed by atoms with Crippen molar-refractivity contribution < 1.29 is 18.8 Å². The molecule has 6 nitrogen and oxygen atoms in total. The van der Waals surface area contributed by atoms with Gasteiger partial charge < -0.3 is 18.4 Å². The van der Waals surface area contributed by atoms with Crippen LogP contribution in [-0.2, 0) is 14.0 Å². The lowest BCUT2D eigenvalue weighted by Crippen LogP contribution is -2.41. The first-order valence-electron chi connectivity index (χ1n) is 8.16. The number of pyridine rings is 1. The van der Waals surface area contributed by atoms with Crippen molar-refractivity contribution in [2.75, 3.05) is 6.61 Å². The van der Waals surface area contributed by atoms with E-state index in [1.807, 2.05) is 51.3 Å². The Morgan fingerprint density at radius 1 is 1.25 bits per heavy atom. The molecule has 0 unspecified atom stereocenters. The molecule has 0 radical (unpaired) electrons. The van der Waals surface area contributed by atoms with Gasteiger partial charge in [0.2, 0.25) is 0 Å². The predicted molar refractivity (Wildman–Crippen MR) is 91.6 cm³/mol. The molecule has 1 aliphatic rings. The molecule has 7 heteroatoms. The first kappa shape index (κ1) is 17.0. The van der Waals surface area contributed by atoms with Gasteiger partial charge in [0.1, 0.15) is 5.65 Å². The summed E-state index contributed by atoms with van der Waals surface area (Å²) in [6.07, 6.45) is 3.59. The number of aryl methyl sites for hydroxylation is 1. The zero-order valence-electron chi connectivity index (χ0n) is 15.0. The van der Waals surface area contributed by atoms with Crippen molar-refractivity contribution in [1.29, 1.82) is 0 Å². The summed E-state index contributed by atoms with van der Waals surface area (Å²) in [5.41, 5.74) is 1.89. The van der Waals surface area contributed by atoms with Crippen molar-refractivity contribution in [3.05, 3.63) is 29.7 Å². The summed E-state index contributed by atoms with van der Waals surface area (Å²) in [5, 5.41) is 0. The minimum absolute atomic E-state index is 0.278. The lowest BCUT2D eigenvalue weighted by atomic mass is 9.79. The Balaban J connectivity index is 2.07. The molecule has 0 aliphatic carbocycles. The molecule has 2 aromatic heterocycles. The van der Waals surface area contributed by atoms with Crippen molar-refractivity contribution in [3.63, 3.8) is 0 Å². The average Bonchev–Trinajstić information content (AvgIpc) is 2.97. The summed E-state index contributed by atoms with van der Waals surface area (Å²) < 4.78 is 19.1. The first-order chi connectivity index (χ1) is 11.1. The minimum Gasteiger partial charge on any atom is -0.461 e. The number of carbonyl (C=O) groups excluding carboxylic acids is 1. The van der Waals surface area contributed by atoms with E-state index in [-0.39, 0.29) is 5.69 Å². The lowest BCUT2D eigenvalue weighted by molar-refractivity contribution is 0.00578. The zero-order valence-corrected chi connectivity index (χ0v) is 15.0. The van der Waals surface area contributed by atoms with Gasteiger partial charge >= 0.3 is 13.1 Å². The number of ether oxygens (including phenoxy) is 1. The van der Waals surface area contributed by atoms with Gasteiger partial charge in [-0.3, -0.25) is 0 Å². The van der Waals surface area contributed by atoms with Gasteiger partial charge in [0.25, 0.3) is 0 Å². The number of aromatic nitrogens is 2. The molecule has 1 fully saturated rings. The van der Waals surface area contributed by atoms with E-state index in [9.17, 15) is 4.79 Å². The van der Waals surface area contributed by atoms with Gasteiger partial charge in [0.05, 0.1) is 17.8 Å². The smallest absolute Gasteiger partial charge is 0.461 e. The number of hydrogen-bond acceptors (Lipinski definition) is 5. The number of hydrogen-bond donors (Lipinski definition) is 0. The average molecular weight is 330 g/mol. The molecule has 3 rings (SSSR count). The highest BCUT2D eigenvalue weighted by molar-refractivity contribution is 6.64. The summed E-state index contributed by atoms with van der Waals surface area (Å²) in [5.74, 6) is -0.432. The van der Waals surface area contributed by atoms with Crippen LogP contribution in [0, 0.1) is 6.92 Å². The summed E-state index contributed by atoms with van der Waals surface area (Å²) >= 11 is 0. The molecule has 3 heterocycles. The SMILES string of the molecule is CCOC(=O)c1cn2cc(C)cc(B3OC(C)(C)C(C)(C)O3)c2n1. The Hall–Kier alpha value is -1.86. The van der Waals surface area contributed by atoms with Crippen LogP contribution in [-0.4, -0.2) is 40.3 Å². The van der Waals surface area contributed by atoms with Gasteiger partial charge in [-0.15, -0.1) is 0 Å². The Morgan fingerprint density at radius 2 is 1.88 bits per heavy atom. The van der Waals surface area contributed by atoms with Crippen molar-refractivity contribution >= 4 is 24.2 Å². The van der Waals surface area contributed by atoms with Gasteiger partial charge in [0.15, 0.2) is 5.69 Å². The molecule has 1 saturated heterocycles. The molecule has 0 aromatic carbocycles. The van der Waals surface area contributed by atoms with Crippen LogP contribution < -0.4 is 5.46 Å². The molecule has 0 amide bonds. The third-order valence-electron chi connectivity index (χ3n) is 4.71. The van der Waals surface area contributed by atoms with Crippen molar-refractivity contribution in [2.45, 2.75) is 52.7 Å². The lowest BCUT2D eigenvalue weighted by Gasteiger charge is -2.32. The van der Waals surface area contributed by atoms with E-state index in [0.29, 0.717) is 12.3 Å². The van der Waals surface area contributed by atoms with E-state index in [1.165, 1.54) is 0 Å². The van der Waals surface area contributed by atoms with Crippen LogP contribution in [0.3, 0.4) is 0 Å². The summed E-state index contributed by atoms with van der Waals surface area (Å²) in [6, 6.07) is 1.99. The Labute approximate surface area is 142 Å². The molecule has 0 N–H and O–H groups in total. The second kappa shape index (κ2) is 5.60. The Bertz CT molecular complexity index is 781. The molecule has 1 aliphatic heterocycles. The van der Waals surface area contributed by atoms with E-state index in [1.54, 1.807) is 13.1 Å². The molecule has 0 bridgehead atoms. The van der Waals surface area contributed by atoms with Gasteiger partial charge in [-0.2, -0.15) is 0 Å². The Kier molecular flexibility index (Phi) is 3.96. The molecule has 128 valence electrons. The van der Waals surface area contributed by atoms with Crippen LogP contribution in [0.1, 0.15) is 50.7 Å². The van der Waals surface area contributed by atoms with Crippen LogP contribution >= 0.6 is 0 Å². The highest BCUT2D eigenvalue weighted by atomic mass is 16.7. The number of nitrogens with zero attached hydrogens (tertiary/aromatic N) is 2. The maximum absolute atomic E-state index is 12.0. The number of rotatable bonds is 3. The number of fused-ring (bicyclic) bond motifs is 1. The van der Waals surface area contributed by atoms with E-state index in [0.717, 1.165) is 11.0 Å². The largest absolute Gasteiger partial charge is 0.498 e. The van der Waals surface area contributed by atoms with Gasteiger partial charge in [-0.25, -0.2) is 9.78 Å². The number of imidazole rings is 1. The van der Waals surface area contributed by atoms with Gasteiger partial charge in [-0.05, 0) is 47.1 Å². The highest BCUT2D eigenvalue weighted by Gasteiger charge is 2.52. The van der Waals surface area contributed by atoms with Crippen LogP contribution in [0.4, 0.5) is 0 Å². The summed E-state index contributed by atoms with van der Waals surface area (Å²) in [7, 11) is -0.533. The summed E-state index contributed by atoms with van der Waals surface area (Å²) in [6.45, 7) is 12.1. The molecule has 0 atom stereocenters. The third-order valence-corrected chi connectivity index (χ3v) is 4.71. The second-order valence-corrected chi connectivity index (χ2v) is 7.14. The van der Waals surface area contributed by atoms with E-state index < -0.39 is 24.3 Å². The van der Waals surface area contributed by atoms with Gasteiger partial charge in [-0.1, -0.05) is 6.07 Å². The molecule has 0 saturated carbocycles. The van der Waals surface area contributed by atoms with Crippen molar-refractivity contribution in [2.24, 2.45) is 0 Å². The fourth-order valence-electron chi connectivity index (χ4n) is 2.72. The van der Waals surface area contributed by atoms with Crippen LogP contribution in [0.2, 0.25) is 0 Å². The third kappa shape index (κ3) is 2.72. The standard InChI is InChI=1S/C17H23BN2O4/c1-7-22-15(21)13-10-20-9-11(2)8-12(14(20)19-13)18-23-16(3,4)17(5,6)24-18/h8-10H,7H2,1-6H3. The highest BCUT2D eigenvalue weighted by Crippen LogP contribution is 2.36. The normalized spacial score (nSPS) is 19.0. The maximum atomic E-state index is 12.0. The summed E-state index contributed by atoms with van der Waals surface area (Å²) in [4.78, 5) is 16.4. The van der Waals surface area contributed by atoms with E-state index >= 15 is 0 Å². The van der Waals surface area contributed by atoms with Crippen LogP contribution in [0.5, 0.6) is 0 Å². The van der Waals surface area contributed by atoms with Crippen LogP contribution in [0.25, 0.3) is 5.65 Å². The molecular weight excluding hydrogens is 307 g/mol. The number of esters is 1. The Morgan fingerprint density at radius 3 is 2.46 bits per heavy atom. The first-order valence-corrected chi connectivity index (χ1v) is 8.16. The zero-order chi connectivity index (χ0) is 17.7.